The molecule has 22 heavy (non-hydrogen) atoms. The van der Waals surface area contributed by atoms with Crippen molar-refractivity contribution in [1.82, 2.24) is 14.9 Å². The highest BCUT2D eigenvalue weighted by Crippen LogP contribution is 2.12. The summed E-state index contributed by atoms with van der Waals surface area (Å²) in [6, 6.07) is 7.62. The Morgan fingerprint density at radius 1 is 1.36 bits per heavy atom. The first-order chi connectivity index (χ1) is 9.81. The van der Waals surface area contributed by atoms with Crippen LogP contribution in [0.1, 0.15) is 5.56 Å². The third-order valence-corrected chi connectivity index (χ3v) is 3.62. The molecule has 6 nitrogen and oxygen atoms in total. The summed E-state index contributed by atoms with van der Waals surface area (Å²) in [6.07, 6.45) is 1.13. The average molecular weight is 461 g/mol. The standard InChI is InChI=1S/C13H21ClN4O2S.HI/c1-15-13(16-7-8-17-21(3,19)20)18(2)10-11-5-4-6-12(14)9-11;/h4-6,9,17H,7-8,10H2,1-3H3,(H,15,16);1H. The molecule has 0 amide bonds. The molecule has 0 aliphatic rings. The summed E-state index contributed by atoms with van der Waals surface area (Å²) in [6.45, 7) is 1.42. The first-order valence-corrected chi connectivity index (χ1v) is 8.69. The second-order valence-corrected chi connectivity index (χ2v) is 6.90. The molecular weight excluding hydrogens is 439 g/mol. The van der Waals surface area contributed by atoms with Crippen LogP contribution in [0, 0.1) is 0 Å². The third-order valence-electron chi connectivity index (χ3n) is 2.65. The van der Waals surface area contributed by atoms with Gasteiger partial charge in [-0.25, -0.2) is 13.1 Å². The van der Waals surface area contributed by atoms with Gasteiger partial charge in [0.05, 0.1) is 6.26 Å². The fraction of sp³-hybridized carbons (Fsp3) is 0.462. The number of guanidine groups is 1. The topological polar surface area (TPSA) is 73.8 Å². The van der Waals surface area contributed by atoms with Crippen molar-refractivity contribution in [3.05, 3.63) is 34.9 Å². The van der Waals surface area contributed by atoms with Crippen molar-refractivity contribution in [1.29, 1.82) is 0 Å². The Hall–Kier alpha value is -0.580. The van der Waals surface area contributed by atoms with Gasteiger partial charge in [0.25, 0.3) is 0 Å². The molecule has 0 unspecified atom stereocenters. The van der Waals surface area contributed by atoms with Crippen LogP contribution in [0.3, 0.4) is 0 Å². The molecule has 1 aromatic carbocycles. The van der Waals surface area contributed by atoms with Crippen LogP contribution in [-0.4, -0.2) is 52.7 Å². The first-order valence-electron chi connectivity index (χ1n) is 6.42. The largest absolute Gasteiger partial charge is 0.355 e. The minimum absolute atomic E-state index is 0. The normalized spacial score (nSPS) is 11.7. The highest BCUT2D eigenvalue weighted by molar-refractivity contribution is 14.0. The number of hydrogen-bond donors (Lipinski definition) is 2. The molecule has 126 valence electrons. The summed E-state index contributed by atoms with van der Waals surface area (Å²) in [7, 11) is 0.424. The molecule has 0 saturated heterocycles. The maximum atomic E-state index is 11.0. The number of sulfonamides is 1. The molecule has 2 N–H and O–H groups in total. The van der Waals surface area contributed by atoms with Gasteiger partial charge in [0.1, 0.15) is 0 Å². The highest BCUT2D eigenvalue weighted by atomic mass is 127. The molecular formula is C13H22ClIN4O2S. The molecule has 1 rings (SSSR count). The number of nitrogens with zero attached hydrogens (tertiary/aromatic N) is 2. The Labute approximate surface area is 154 Å². The molecule has 0 aromatic heterocycles. The lowest BCUT2D eigenvalue weighted by Crippen LogP contribution is -2.42. The zero-order chi connectivity index (χ0) is 15.9. The predicted octanol–water partition coefficient (Wildman–Crippen LogP) is 1.51. The van der Waals surface area contributed by atoms with E-state index in [1.54, 1.807) is 7.05 Å². The van der Waals surface area contributed by atoms with Crippen LogP contribution in [0.15, 0.2) is 29.3 Å². The summed E-state index contributed by atoms with van der Waals surface area (Å²) < 4.78 is 24.3. The number of nitrogens with one attached hydrogen (secondary N) is 2. The van der Waals surface area contributed by atoms with E-state index in [-0.39, 0.29) is 24.0 Å². The smallest absolute Gasteiger partial charge is 0.208 e. The molecule has 0 heterocycles. The van der Waals surface area contributed by atoms with Crippen LogP contribution >= 0.6 is 35.6 Å². The Morgan fingerprint density at radius 2 is 2.05 bits per heavy atom. The van der Waals surface area contributed by atoms with Crippen LogP contribution in [-0.2, 0) is 16.6 Å². The summed E-state index contributed by atoms with van der Waals surface area (Å²) in [5.41, 5.74) is 1.07. The van der Waals surface area contributed by atoms with E-state index in [0.29, 0.717) is 30.6 Å². The second kappa shape index (κ2) is 10.2. The van der Waals surface area contributed by atoms with Crippen LogP contribution in [0.5, 0.6) is 0 Å². The van der Waals surface area contributed by atoms with Gasteiger partial charge >= 0.3 is 0 Å². The van der Waals surface area contributed by atoms with Crippen molar-refractivity contribution in [2.75, 3.05) is 33.4 Å². The van der Waals surface area contributed by atoms with Gasteiger partial charge in [-0.05, 0) is 17.7 Å². The highest BCUT2D eigenvalue weighted by Gasteiger charge is 2.07. The minimum atomic E-state index is -3.16. The van der Waals surface area contributed by atoms with Crippen LogP contribution < -0.4 is 10.0 Å². The van der Waals surface area contributed by atoms with Crippen molar-refractivity contribution >= 4 is 51.6 Å². The molecule has 0 spiro atoms. The number of rotatable bonds is 6. The lowest BCUT2D eigenvalue weighted by atomic mass is 10.2. The lowest BCUT2D eigenvalue weighted by molar-refractivity contribution is 0.477. The predicted molar refractivity (Wildman–Crippen MR) is 103 cm³/mol. The van der Waals surface area contributed by atoms with E-state index >= 15 is 0 Å². The number of halogens is 2. The van der Waals surface area contributed by atoms with E-state index < -0.39 is 10.0 Å². The van der Waals surface area contributed by atoms with Gasteiger partial charge in [-0.2, -0.15) is 0 Å². The number of benzene rings is 1. The first kappa shape index (κ1) is 21.4. The average Bonchev–Trinajstić information content (AvgIpc) is 2.37. The van der Waals surface area contributed by atoms with Crippen molar-refractivity contribution in [3.8, 4) is 0 Å². The van der Waals surface area contributed by atoms with Gasteiger partial charge in [0.2, 0.25) is 10.0 Å². The van der Waals surface area contributed by atoms with E-state index in [1.807, 2.05) is 36.2 Å². The monoisotopic (exact) mass is 460 g/mol. The van der Waals surface area contributed by atoms with Crippen LogP contribution in [0.25, 0.3) is 0 Å². The quantitative estimate of drug-likeness (QED) is 0.292. The molecule has 0 saturated carbocycles. The lowest BCUT2D eigenvalue weighted by Gasteiger charge is -2.22. The molecule has 9 heteroatoms. The van der Waals surface area contributed by atoms with Crippen LogP contribution in [0.2, 0.25) is 5.02 Å². The third kappa shape index (κ3) is 8.76. The zero-order valence-electron chi connectivity index (χ0n) is 12.8. The molecule has 0 aliphatic carbocycles. The van der Waals surface area contributed by atoms with Gasteiger partial charge < -0.3 is 10.2 Å². The Kier molecular flexibility index (Phi) is 9.97. The van der Waals surface area contributed by atoms with Crippen LogP contribution in [0.4, 0.5) is 0 Å². The van der Waals surface area contributed by atoms with E-state index in [0.717, 1.165) is 11.8 Å². The molecule has 0 aliphatic heterocycles. The van der Waals surface area contributed by atoms with Crippen molar-refractivity contribution in [2.24, 2.45) is 4.99 Å². The SMILES string of the molecule is CN=C(NCCNS(C)(=O)=O)N(C)Cc1cccc(Cl)c1.I. The fourth-order valence-electron chi connectivity index (χ4n) is 1.78. The van der Waals surface area contributed by atoms with Crippen molar-refractivity contribution < 1.29 is 8.42 Å². The number of aliphatic imine (C=N–C) groups is 1. The van der Waals surface area contributed by atoms with E-state index in [2.05, 4.69) is 15.0 Å². The second-order valence-electron chi connectivity index (χ2n) is 4.63. The Bertz CT molecular complexity index is 595. The Balaban J connectivity index is 0.00000441. The van der Waals surface area contributed by atoms with E-state index in [9.17, 15) is 8.42 Å². The van der Waals surface area contributed by atoms with E-state index in [4.69, 9.17) is 11.6 Å². The minimum Gasteiger partial charge on any atom is -0.355 e. The fourth-order valence-corrected chi connectivity index (χ4v) is 2.47. The summed E-state index contributed by atoms with van der Waals surface area (Å²) in [4.78, 5) is 6.10. The van der Waals surface area contributed by atoms with Gasteiger partial charge in [-0.15, -0.1) is 24.0 Å². The Morgan fingerprint density at radius 3 is 2.59 bits per heavy atom. The summed E-state index contributed by atoms with van der Waals surface area (Å²) in [5.74, 6) is 0.685. The van der Waals surface area contributed by atoms with Gasteiger partial charge in [0, 0.05) is 38.8 Å². The molecule has 0 fully saturated rings. The maximum absolute atomic E-state index is 11.0. The molecule has 0 bridgehead atoms. The summed E-state index contributed by atoms with van der Waals surface area (Å²) >= 11 is 5.96. The van der Waals surface area contributed by atoms with Gasteiger partial charge in [0.15, 0.2) is 5.96 Å². The molecule has 0 radical (unpaired) electrons. The van der Waals surface area contributed by atoms with Gasteiger partial charge in [-0.3, -0.25) is 4.99 Å². The zero-order valence-corrected chi connectivity index (χ0v) is 16.7. The van der Waals surface area contributed by atoms with Crippen molar-refractivity contribution in [3.63, 3.8) is 0 Å². The summed E-state index contributed by atoms with van der Waals surface area (Å²) in [5, 5.41) is 3.79. The molecule has 0 atom stereocenters. The van der Waals surface area contributed by atoms with Gasteiger partial charge in [-0.1, -0.05) is 23.7 Å². The van der Waals surface area contributed by atoms with E-state index in [1.165, 1.54) is 0 Å². The maximum Gasteiger partial charge on any atom is 0.208 e. The van der Waals surface area contributed by atoms with Crippen molar-refractivity contribution in [2.45, 2.75) is 6.54 Å². The molecule has 1 aromatic rings. The number of hydrogen-bond acceptors (Lipinski definition) is 3.